The van der Waals surface area contributed by atoms with Crippen LogP contribution >= 0.6 is 0 Å². The van der Waals surface area contributed by atoms with Crippen LogP contribution in [0, 0.1) is 11.8 Å². The van der Waals surface area contributed by atoms with Crippen LogP contribution in [0.3, 0.4) is 0 Å². The molecule has 1 saturated carbocycles. The number of ketones is 2. The lowest BCUT2D eigenvalue weighted by molar-refractivity contribution is -0.153. The Labute approximate surface area is 248 Å². The highest BCUT2D eigenvalue weighted by molar-refractivity contribution is 7.79. The number of carbonyl (C=O) groups excluding carboxylic acids is 3. The average molecular weight is 627 g/mol. The van der Waals surface area contributed by atoms with Crippen molar-refractivity contribution in [2.45, 2.75) is 57.7 Å². The van der Waals surface area contributed by atoms with Crippen LogP contribution in [0.2, 0.25) is 0 Å². The van der Waals surface area contributed by atoms with Crippen LogP contribution in [-0.4, -0.2) is 98.6 Å². The number of nitrogen functional groups attached to an aromatic ring is 1. The summed E-state index contributed by atoms with van der Waals surface area (Å²) in [5.41, 5.74) is 9.11. The number of nitrogens with two attached hydrogens (primary N) is 2. The number of anilines is 2. The predicted octanol–water partition coefficient (Wildman–Crippen LogP) is 0.518. The molecule has 0 aromatic heterocycles. The van der Waals surface area contributed by atoms with Gasteiger partial charge in [-0.15, -0.1) is 0 Å². The summed E-state index contributed by atoms with van der Waals surface area (Å²) >= 11 is 0. The van der Waals surface area contributed by atoms with Crippen molar-refractivity contribution in [3.8, 4) is 5.75 Å². The molecule has 10 N–H and O–H groups in total. The number of carbonyl (C=O) groups is 3. The molecule has 238 valence electrons. The third-order valence-corrected chi connectivity index (χ3v) is 8.12. The van der Waals surface area contributed by atoms with Crippen LogP contribution in [-0.2, 0) is 31.2 Å². The Morgan fingerprint density at radius 1 is 1.16 bits per heavy atom. The number of phenols is 1. The number of fused-ring (bicyclic) bond motifs is 3. The molecule has 4 atom stereocenters. The predicted molar refractivity (Wildman–Crippen MR) is 156 cm³/mol. The second-order valence-corrected chi connectivity index (χ2v) is 12.3. The molecule has 3 aliphatic carbocycles. The monoisotopic (exact) mass is 626 g/mol. The standard InChI is InChI=1S/C27H36N4O7.H2O4S/c1-6-7-31(11(2)3)16-10-15(28)21(32)18-13(16)8-12-9-14-20(30(4)5)23(34)19(26(29)37)25(36)27(14,38)24(35)17(12)22(18)33;1-5(2,3)4/h10-12,14,20,32-33,36,38H,6-9,28H2,1-5H3,(H2,29,37);(H2,1,2,3,4)/t12?,14?,20-,27-;/m0./s1. The summed E-state index contributed by atoms with van der Waals surface area (Å²) in [4.78, 5) is 42.8. The summed E-state index contributed by atoms with van der Waals surface area (Å²) in [6.45, 7) is 6.74. The molecule has 4 rings (SSSR count). The van der Waals surface area contributed by atoms with E-state index in [0.717, 1.165) is 6.42 Å². The number of amides is 1. The first-order valence-electron chi connectivity index (χ1n) is 13.5. The second-order valence-electron chi connectivity index (χ2n) is 11.4. The van der Waals surface area contributed by atoms with Crippen LogP contribution < -0.4 is 16.4 Å². The molecular formula is C27H38N4O11S. The summed E-state index contributed by atoms with van der Waals surface area (Å²) in [6.07, 6.45) is 1.08. The van der Waals surface area contributed by atoms with E-state index < -0.39 is 74.2 Å². The molecule has 0 spiro atoms. The van der Waals surface area contributed by atoms with Crippen molar-refractivity contribution in [1.82, 2.24) is 4.90 Å². The van der Waals surface area contributed by atoms with Crippen LogP contribution in [0.25, 0.3) is 5.76 Å². The summed E-state index contributed by atoms with van der Waals surface area (Å²) in [6, 6.07) is 0.597. The number of rotatable bonds is 6. The van der Waals surface area contributed by atoms with Crippen LogP contribution in [0.5, 0.6) is 5.75 Å². The van der Waals surface area contributed by atoms with Gasteiger partial charge in [0.2, 0.25) is 5.78 Å². The molecule has 0 radical (unpaired) electrons. The largest absolute Gasteiger partial charge is 0.508 e. The maximum Gasteiger partial charge on any atom is 0.394 e. The van der Waals surface area contributed by atoms with Gasteiger partial charge >= 0.3 is 10.4 Å². The van der Waals surface area contributed by atoms with Crippen molar-refractivity contribution in [3.63, 3.8) is 0 Å². The molecule has 16 heteroatoms. The summed E-state index contributed by atoms with van der Waals surface area (Å²) < 4.78 is 31.6. The Morgan fingerprint density at radius 2 is 1.72 bits per heavy atom. The number of primary amides is 1. The number of aliphatic hydroxyl groups excluding tert-OH is 2. The van der Waals surface area contributed by atoms with Gasteiger partial charge in [0.05, 0.1) is 17.3 Å². The molecule has 0 bridgehead atoms. The van der Waals surface area contributed by atoms with Crippen molar-refractivity contribution >= 4 is 45.0 Å². The van der Waals surface area contributed by atoms with E-state index in [1.54, 1.807) is 20.2 Å². The number of aliphatic hydroxyl groups is 3. The van der Waals surface area contributed by atoms with Crippen molar-refractivity contribution < 1.29 is 52.3 Å². The molecule has 1 aromatic carbocycles. The van der Waals surface area contributed by atoms with Gasteiger partial charge < -0.3 is 36.8 Å². The zero-order chi connectivity index (χ0) is 32.9. The fraction of sp³-hybridized carbons (Fsp3) is 0.519. The van der Waals surface area contributed by atoms with Crippen LogP contribution in [0.15, 0.2) is 23.0 Å². The van der Waals surface area contributed by atoms with Crippen LogP contribution in [0.4, 0.5) is 11.4 Å². The summed E-state index contributed by atoms with van der Waals surface area (Å²) in [5.74, 6) is -6.91. The molecule has 15 nitrogen and oxygen atoms in total. The summed E-state index contributed by atoms with van der Waals surface area (Å²) in [7, 11) is -1.53. The van der Waals surface area contributed by atoms with E-state index in [1.807, 2.05) is 20.8 Å². The first kappa shape index (κ1) is 33.8. The number of Topliss-reactive ketones (excluding diaryl/α,β-unsaturated/α-hetero) is 2. The third kappa shape index (κ3) is 5.80. The van der Waals surface area contributed by atoms with Gasteiger partial charge in [0.25, 0.3) is 5.91 Å². The zero-order valence-corrected chi connectivity index (χ0v) is 25.2. The minimum atomic E-state index is -4.67. The number of nitrogens with zero attached hydrogens (tertiary/aromatic N) is 2. The number of phenolic OH excluding ortho intramolecular Hbond substituents is 1. The Balaban J connectivity index is 0.000000934. The number of benzene rings is 1. The van der Waals surface area contributed by atoms with E-state index in [1.165, 1.54) is 4.90 Å². The lowest BCUT2D eigenvalue weighted by Crippen LogP contribution is -2.65. The lowest BCUT2D eigenvalue weighted by Gasteiger charge is -2.50. The molecular weight excluding hydrogens is 588 g/mol. The number of likely N-dealkylation sites (N-methyl/N-ethyl adjacent to an activating group) is 1. The minimum Gasteiger partial charge on any atom is -0.508 e. The molecule has 1 fully saturated rings. The van der Waals surface area contributed by atoms with Crippen LogP contribution in [0.1, 0.15) is 44.7 Å². The van der Waals surface area contributed by atoms with E-state index in [0.29, 0.717) is 17.8 Å². The molecule has 0 heterocycles. The van der Waals surface area contributed by atoms with E-state index >= 15 is 0 Å². The number of hydrogen-bond donors (Lipinski definition) is 8. The molecule has 2 unspecified atom stereocenters. The van der Waals surface area contributed by atoms with Crippen molar-refractivity contribution in [3.05, 3.63) is 34.1 Å². The first-order chi connectivity index (χ1) is 19.7. The Hall–Kier alpha value is -3.70. The average Bonchev–Trinajstić information content (AvgIpc) is 2.85. The van der Waals surface area contributed by atoms with Gasteiger partial charge in [0.1, 0.15) is 22.8 Å². The van der Waals surface area contributed by atoms with Crippen molar-refractivity contribution in [1.29, 1.82) is 0 Å². The van der Waals surface area contributed by atoms with Gasteiger partial charge in [-0.2, -0.15) is 8.42 Å². The highest BCUT2D eigenvalue weighted by Crippen LogP contribution is 2.54. The SMILES string of the molecule is CCCN(c1cc(N)c(O)c2c1CC1CC3[C@H](N(C)C)C(=O)C(C(N)=O)=C(O)[C@@]3(O)C(=O)C1=C2O)C(C)C.O=S(=O)(O)O. The molecule has 0 saturated heterocycles. The maximum atomic E-state index is 13.9. The number of aromatic hydroxyl groups is 1. The molecule has 0 aliphatic heterocycles. The molecule has 43 heavy (non-hydrogen) atoms. The van der Waals surface area contributed by atoms with Gasteiger partial charge in [-0.05, 0) is 64.8 Å². The second kappa shape index (κ2) is 11.8. The molecule has 1 amide bonds. The van der Waals surface area contributed by atoms with Gasteiger partial charge in [-0.3, -0.25) is 28.4 Å². The Kier molecular flexibility index (Phi) is 9.25. The smallest absolute Gasteiger partial charge is 0.394 e. The van der Waals surface area contributed by atoms with Gasteiger partial charge in [-0.25, -0.2) is 0 Å². The van der Waals surface area contributed by atoms with E-state index in [4.69, 9.17) is 29.0 Å². The fourth-order valence-corrected chi connectivity index (χ4v) is 6.47. The van der Waals surface area contributed by atoms with Crippen molar-refractivity contribution in [2.75, 3.05) is 31.3 Å². The lowest BCUT2D eigenvalue weighted by atomic mass is 9.57. The summed E-state index contributed by atoms with van der Waals surface area (Å²) in [5, 5.41) is 45.0. The highest BCUT2D eigenvalue weighted by atomic mass is 32.3. The topological polar surface area (TPSA) is 265 Å². The first-order valence-corrected chi connectivity index (χ1v) is 14.8. The Bertz CT molecular complexity index is 1530. The third-order valence-electron chi connectivity index (χ3n) is 8.12. The quantitative estimate of drug-likeness (QED) is 0.0926. The normalized spacial score (nSPS) is 25.2. The van der Waals surface area contributed by atoms with E-state index in [-0.39, 0.29) is 35.7 Å². The Morgan fingerprint density at radius 3 is 2.19 bits per heavy atom. The molecule has 1 aromatic rings. The van der Waals surface area contributed by atoms with Gasteiger partial charge in [0, 0.05) is 29.8 Å². The zero-order valence-electron chi connectivity index (χ0n) is 24.4. The fourth-order valence-electron chi connectivity index (χ4n) is 6.47. The number of hydrogen-bond acceptors (Lipinski definition) is 12. The maximum absolute atomic E-state index is 13.9. The van der Waals surface area contributed by atoms with E-state index in [9.17, 15) is 34.8 Å². The van der Waals surface area contributed by atoms with E-state index in [2.05, 4.69) is 4.90 Å². The van der Waals surface area contributed by atoms with Crippen molar-refractivity contribution in [2.24, 2.45) is 17.6 Å². The molecule has 3 aliphatic rings. The van der Waals surface area contributed by atoms with Gasteiger partial charge in [0.15, 0.2) is 11.4 Å². The minimum absolute atomic E-state index is 0.00181. The highest BCUT2D eigenvalue weighted by Gasteiger charge is 2.64. The van der Waals surface area contributed by atoms with Gasteiger partial charge in [-0.1, -0.05) is 6.92 Å².